The maximum atomic E-state index is 12.3. The van der Waals surface area contributed by atoms with Crippen LogP contribution in [0.5, 0.6) is 0 Å². The van der Waals surface area contributed by atoms with Gasteiger partial charge in [0.05, 0.1) is 25.7 Å². The topological polar surface area (TPSA) is 48.0 Å². The molecule has 5 nitrogen and oxygen atoms in total. The number of carbonyl (C=O) groups is 1. The van der Waals surface area contributed by atoms with Gasteiger partial charge in [-0.25, -0.2) is 0 Å². The van der Waals surface area contributed by atoms with Crippen molar-refractivity contribution in [2.24, 2.45) is 5.92 Å². The number of amides is 1. The molecule has 0 aromatic rings. The van der Waals surface area contributed by atoms with Gasteiger partial charge >= 0.3 is 0 Å². The van der Waals surface area contributed by atoms with Crippen molar-refractivity contribution in [3.63, 3.8) is 0 Å². The van der Waals surface area contributed by atoms with Gasteiger partial charge in [0.25, 0.3) is 0 Å². The molecule has 0 aromatic carbocycles. The van der Waals surface area contributed by atoms with Crippen LogP contribution in [0, 0.1) is 5.92 Å². The Morgan fingerprint density at radius 3 is 2.37 bits per heavy atom. The molecular formula is C14H23NO4. The van der Waals surface area contributed by atoms with E-state index in [4.69, 9.17) is 14.2 Å². The van der Waals surface area contributed by atoms with Gasteiger partial charge in [0.1, 0.15) is 0 Å². The fourth-order valence-electron chi connectivity index (χ4n) is 3.41. The zero-order valence-corrected chi connectivity index (χ0v) is 11.6. The Morgan fingerprint density at radius 1 is 1.11 bits per heavy atom. The lowest BCUT2D eigenvalue weighted by molar-refractivity contribution is -0.185. The molecule has 3 aliphatic rings. The molecule has 3 rings (SSSR count). The van der Waals surface area contributed by atoms with Gasteiger partial charge in [0.2, 0.25) is 5.91 Å². The van der Waals surface area contributed by atoms with E-state index in [-0.39, 0.29) is 17.6 Å². The van der Waals surface area contributed by atoms with E-state index in [0.717, 1.165) is 38.7 Å². The second-order valence-corrected chi connectivity index (χ2v) is 5.85. The number of nitrogens with zero attached hydrogens (tertiary/aromatic N) is 1. The van der Waals surface area contributed by atoms with Gasteiger partial charge in [-0.1, -0.05) is 0 Å². The summed E-state index contributed by atoms with van der Waals surface area (Å²) >= 11 is 0. The Morgan fingerprint density at radius 2 is 1.79 bits per heavy atom. The Kier molecular flexibility index (Phi) is 3.78. The molecule has 0 bridgehead atoms. The lowest BCUT2D eigenvalue weighted by atomic mass is 9.88. The van der Waals surface area contributed by atoms with Gasteiger partial charge < -0.3 is 19.1 Å². The third kappa shape index (κ3) is 2.64. The summed E-state index contributed by atoms with van der Waals surface area (Å²) in [4.78, 5) is 14.3. The lowest BCUT2D eigenvalue weighted by Crippen LogP contribution is -2.46. The average molecular weight is 269 g/mol. The van der Waals surface area contributed by atoms with Crippen LogP contribution in [-0.2, 0) is 19.0 Å². The summed E-state index contributed by atoms with van der Waals surface area (Å²) in [5, 5.41) is 0. The molecule has 0 radical (unpaired) electrons. The standard InChI is InChI=1S/C14H23NO4/c1-15(13(16)11-4-7-17-10-11)12-2-5-14(6-3-12)18-8-9-19-14/h11-12H,2-10H2,1H3. The quantitative estimate of drug-likeness (QED) is 0.755. The van der Waals surface area contributed by atoms with Crippen LogP contribution in [0.3, 0.4) is 0 Å². The third-order valence-electron chi connectivity index (χ3n) is 4.70. The van der Waals surface area contributed by atoms with E-state index in [1.165, 1.54) is 0 Å². The average Bonchev–Trinajstić information content (AvgIpc) is 3.10. The van der Waals surface area contributed by atoms with E-state index in [1.54, 1.807) is 0 Å². The minimum atomic E-state index is -0.336. The predicted molar refractivity (Wildman–Crippen MR) is 68.6 cm³/mol. The van der Waals surface area contributed by atoms with Crippen LogP contribution in [-0.4, -0.2) is 56.1 Å². The Balaban J connectivity index is 1.54. The Hall–Kier alpha value is -0.650. The first-order valence-corrected chi connectivity index (χ1v) is 7.32. The molecule has 1 spiro atoms. The molecule has 1 amide bonds. The van der Waals surface area contributed by atoms with E-state index in [2.05, 4.69) is 0 Å². The first-order chi connectivity index (χ1) is 9.20. The van der Waals surface area contributed by atoms with Crippen LogP contribution in [0.1, 0.15) is 32.1 Å². The number of carbonyl (C=O) groups excluding carboxylic acids is 1. The summed E-state index contributed by atoms with van der Waals surface area (Å²) in [6.45, 7) is 2.73. The predicted octanol–water partition coefficient (Wildman–Crippen LogP) is 1.17. The SMILES string of the molecule is CN(C(=O)C1CCOC1)C1CCC2(CC1)OCCO2. The van der Waals surface area contributed by atoms with Crippen molar-refractivity contribution < 1.29 is 19.0 Å². The second kappa shape index (κ2) is 5.38. The highest BCUT2D eigenvalue weighted by Gasteiger charge is 2.42. The minimum Gasteiger partial charge on any atom is -0.381 e. The molecule has 1 unspecified atom stereocenters. The molecule has 5 heteroatoms. The fraction of sp³-hybridized carbons (Fsp3) is 0.929. The monoisotopic (exact) mass is 269 g/mol. The minimum absolute atomic E-state index is 0.0693. The van der Waals surface area contributed by atoms with Crippen LogP contribution in [0.4, 0.5) is 0 Å². The van der Waals surface area contributed by atoms with Gasteiger partial charge in [-0.05, 0) is 19.3 Å². The largest absolute Gasteiger partial charge is 0.381 e. The van der Waals surface area contributed by atoms with Gasteiger partial charge in [-0.2, -0.15) is 0 Å². The van der Waals surface area contributed by atoms with Crippen molar-refractivity contribution in [1.29, 1.82) is 0 Å². The zero-order chi connectivity index (χ0) is 13.3. The molecule has 1 atom stereocenters. The molecule has 2 saturated heterocycles. The fourth-order valence-corrected chi connectivity index (χ4v) is 3.41. The molecule has 0 N–H and O–H groups in total. The highest BCUT2D eigenvalue weighted by Crippen LogP contribution is 2.37. The van der Waals surface area contributed by atoms with E-state index < -0.39 is 0 Å². The molecule has 2 heterocycles. The van der Waals surface area contributed by atoms with Crippen molar-refractivity contribution in [2.45, 2.75) is 43.9 Å². The maximum absolute atomic E-state index is 12.3. The van der Waals surface area contributed by atoms with Crippen molar-refractivity contribution >= 4 is 5.91 Å². The third-order valence-corrected chi connectivity index (χ3v) is 4.70. The summed E-state index contributed by atoms with van der Waals surface area (Å²) in [6.07, 6.45) is 4.60. The zero-order valence-electron chi connectivity index (χ0n) is 11.6. The lowest BCUT2D eigenvalue weighted by Gasteiger charge is -2.39. The Labute approximate surface area is 114 Å². The summed E-state index contributed by atoms with van der Waals surface area (Å²) in [5.41, 5.74) is 0. The summed E-state index contributed by atoms with van der Waals surface area (Å²) in [6, 6.07) is 0.325. The maximum Gasteiger partial charge on any atom is 0.228 e. The van der Waals surface area contributed by atoms with E-state index in [0.29, 0.717) is 25.9 Å². The number of rotatable bonds is 2. The molecule has 108 valence electrons. The van der Waals surface area contributed by atoms with E-state index >= 15 is 0 Å². The van der Waals surface area contributed by atoms with Crippen LogP contribution in [0.2, 0.25) is 0 Å². The van der Waals surface area contributed by atoms with Crippen LogP contribution in [0.15, 0.2) is 0 Å². The van der Waals surface area contributed by atoms with Gasteiger partial charge in [0.15, 0.2) is 5.79 Å². The molecule has 3 fully saturated rings. The molecule has 1 aliphatic carbocycles. The van der Waals surface area contributed by atoms with Crippen molar-refractivity contribution in [2.75, 3.05) is 33.5 Å². The van der Waals surface area contributed by atoms with E-state index in [1.807, 2.05) is 11.9 Å². The summed E-state index contributed by atoms with van der Waals surface area (Å²) in [7, 11) is 1.93. The number of ether oxygens (including phenoxy) is 3. The smallest absolute Gasteiger partial charge is 0.228 e. The van der Waals surface area contributed by atoms with Gasteiger partial charge in [0, 0.05) is 32.5 Å². The molecular weight excluding hydrogens is 246 g/mol. The molecule has 2 aliphatic heterocycles. The van der Waals surface area contributed by atoms with Crippen molar-refractivity contribution in [3.05, 3.63) is 0 Å². The van der Waals surface area contributed by atoms with Gasteiger partial charge in [-0.15, -0.1) is 0 Å². The normalized spacial score (nSPS) is 30.9. The molecule has 19 heavy (non-hydrogen) atoms. The first-order valence-electron chi connectivity index (χ1n) is 7.32. The second-order valence-electron chi connectivity index (χ2n) is 5.85. The highest BCUT2D eigenvalue weighted by molar-refractivity contribution is 5.79. The summed E-state index contributed by atoms with van der Waals surface area (Å²) in [5.74, 6) is -0.0248. The molecule has 1 saturated carbocycles. The first kappa shape index (κ1) is 13.3. The van der Waals surface area contributed by atoms with Gasteiger partial charge in [-0.3, -0.25) is 4.79 Å². The summed E-state index contributed by atoms with van der Waals surface area (Å²) < 4.78 is 16.8. The number of hydrogen-bond acceptors (Lipinski definition) is 4. The highest BCUT2D eigenvalue weighted by atomic mass is 16.7. The number of hydrogen-bond donors (Lipinski definition) is 0. The Bertz CT molecular complexity index is 324. The van der Waals surface area contributed by atoms with Crippen molar-refractivity contribution in [3.8, 4) is 0 Å². The van der Waals surface area contributed by atoms with Crippen LogP contribution < -0.4 is 0 Å². The van der Waals surface area contributed by atoms with E-state index in [9.17, 15) is 4.79 Å². The van der Waals surface area contributed by atoms with Crippen LogP contribution >= 0.6 is 0 Å². The molecule has 0 aromatic heterocycles. The van der Waals surface area contributed by atoms with Crippen molar-refractivity contribution in [1.82, 2.24) is 4.90 Å². The van der Waals surface area contributed by atoms with Crippen LogP contribution in [0.25, 0.3) is 0 Å².